The third kappa shape index (κ3) is 6.27. The molecule has 210 valence electrons. The Bertz CT molecular complexity index is 1400. The van der Waals surface area contributed by atoms with Crippen LogP contribution in [0.1, 0.15) is 59.3 Å². The fourth-order valence-electron chi connectivity index (χ4n) is 4.78. The number of halogens is 3. The maximum Gasteiger partial charge on any atom is 0.417 e. The Morgan fingerprint density at radius 3 is 2.00 bits per heavy atom. The predicted molar refractivity (Wildman–Crippen MR) is 140 cm³/mol. The average Bonchev–Trinajstić information content (AvgIpc) is 3.19. The fraction of sp³-hybridized carbons (Fsp3) is 0.300. The van der Waals surface area contributed by atoms with Crippen molar-refractivity contribution in [1.29, 1.82) is 0 Å². The summed E-state index contributed by atoms with van der Waals surface area (Å²) in [6.07, 6.45) is -6.57. The number of esters is 1. The van der Waals surface area contributed by atoms with Crippen LogP contribution in [0, 0.1) is 0 Å². The number of benzene rings is 3. The van der Waals surface area contributed by atoms with Gasteiger partial charge in [0, 0.05) is 12.3 Å². The van der Waals surface area contributed by atoms with Crippen molar-refractivity contribution in [3.8, 4) is 11.1 Å². The smallest absolute Gasteiger partial charge is 0.417 e. The van der Waals surface area contributed by atoms with Gasteiger partial charge in [0.2, 0.25) is 0 Å². The van der Waals surface area contributed by atoms with Crippen molar-refractivity contribution in [2.75, 3.05) is 6.61 Å². The minimum absolute atomic E-state index is 0.0844. The maximum atomic E-state index is 13.8. The molecule has 0 bridgehead atoms. The quantitative estimate of drug-likeness (QED) is 0.337. The summed E-state index contributed by atoms with van der Waals surface area (Å²) >= 11 is 0. The van der Waals surface area contributed by atoms with E-state index in [2.05, 4.69) is 5.32 Å². The van der Waals surface area contributed by atoms with Crippen LogP contribution in [0.25, 0.3) is 11.1 Å². The third-order valence-electron chi connectivity index (χ3n) is 6.42. The van der Waals surface area contributed by atoms with Crippen LogP contribution < -0.4 is 5.32 Å². The zero-order valence-corrected chi connectivity index (χ0v) is 22.0. The summed E-state index contributed by atoms with van der Waals surface area (Å²) < 4.78 is 51.9. The van der Waals surface area contributed by atoms with Crippen molar-refractivity contribution >= 4 is 18.0 Å². The first-order valence-corrected chi connectivity index (χ1v) is 12.5. The summed E-state index contributed by atoms with van der Waals surface area (Å²) in [5.41, 5.74) is 0.531. The van der Waals surface area contributed by atoms with E-state index in [9.17, 15) is 32.7 Å². The van der Waals surface area contributed by atoms with Crippen molar-refractivity contribution in [1.82, 2.24) is 5.32 Å². The number of alkyl halides is 3. The Labute approximate surface area is 228 Å². The molecule has 0 fully saturated rings. The summed E-state index contributed by atoms with van der Waals surface area (Å²) in [5.74, 6) is -3.04. The Morgan fingerprint density at radius 1 is 0.900 bits per heavy atom. The van der Waals surface area contributed by atoms with Gasteiger partial charge < -0.3 is 19.9 Å². The Hall–Kier alpha value is -4.34. The molecule has 4 rings (SSSR count). The zero-order valence-electron chi connectivity index (χ0n) is 22.0. The molecule has 0 aliphatic heterocycles. The van der Waals surface area contributed by atoms with Gasteiger partial charge in [0.1, 0.15) is 18.2 Å². The number of ether oxygens (including phenoxy) is 2. The van der Waals surface area contributed by atoms with E-state index < -0.39 is 53.4 Å². The van der Waals surface area contributed by atoms with Crippen LogP contribution >= 0.6 is 0 Å². The summed E-state index contributed by atoms with van der Waals surface area (Å²) in [6.45, 7) is 4.41. The van der Waals surface area contributed by atoms with Gasteiger partial charge in [-0.15, -0.1) is 0 Å². The highest BCUT2D eigenvalue weighted by Gasteiger charge is 2.39. The molecule has 2 N–H and O–H groups in total. The highest BCUT2D eigenvalue weighted by atomic mass is 19.4. The summed E-state index contributed by atoms with van der Waals surface area (Å²) in [6, 6.07) is 16.6. The van der Waals surface area contributed by atoms with Crippen LogP contribution in [-0.4, -0.2) is 41.4 Å². The lowest BCUT2D eigenvalue weighted by Gasteiger charge is -2.23. The molecule has 10 heteroatoms. The molecule has 1 amide bonds. The van der Waals surface area contributed by atoms with Crippen molar-refractivity contribution in [3.05, 3.63) is 94.5 Å². The molecule has 7 nitrogen and oxygen atoms in total. The molecule has 1 aliphatic carbocycles. The van der Waals surface area contributed by atoms with Crippen LogP contribution in [0.5, 0.6) is 0 Å². The second kappa shape index (κ2) is 11.0. The number of carboxylic acids is 1. The monoisotopic (exact) mass is 555 g/mol. The largest absolute Gasteiger partial charge is 0.480 e. The lowest BCUT2D eigenvalue weighted by Crippen LogP contribution is -2.43. The Morgan fingerprint density at radius 2 is 1.48 bits per heavy atom. The molecule has 1 aliphatic rings. The van der Waals surface area contributed by atoms with E-state index in [-0.39, 0.29) is 18.1 Å². The van der Waals surface area contributed by atoms with E-state index in [0.717, 1.165) is 34.4 Å². The highest BCUT2D eigenvalue weighted by molar-refractivity contribution is 5.94. The number of alkyl carbamates (subject to hydrolysis) is 1. The molecular formula is C30H28F3NO6. The normalized spacial score (nSPS) is 13.7. The first kappa shape index (κ1) is 28.7. The second-order valence-electron chi connectivity index (χ2n) is 10.4. The van der Waals surface area contributed by atoms with E-state index in [1.165, 1.54) is 26.8 Å². The van der Waals surface area contributed by atoms with E-state index in [1.54, 1.807) is 0 Å². The standard InChI is InChI=1S/C30H28F3NO6/c1-29(2,3)40-27(37)25-17(9-8-14-23(25)30(31,32)33)15-24(26(35)36)34-28(38)39-16-22-20-12-6-4-10-18(20)19-11-5-7-13-21(19)22/h4-14,22,24H,15-16H2,1-3H3,(H,34,38)(H,35,36)/t24-/m0/s1. The molecule has 0 saturated heterocycles. The minimum Gasteiger partial charge on any atom is -0.480 e. The van der Waals surface area contributed by atoms with Crippen molar-refractivity contribution in [2.24, 2.45) is 0 Å². The van der Waals surface area contributed by atoms with E-state index in [0.29, 0.717) is 0 Å². The summed E-state index contributed by atoms with van der Waals surface area (Å²) in [4.78, 5) is 37.5. The first-order chi connectivity index (χ1) is 18.8. The fourth-order valence-corrected chi connectivity index (χ4v) is 4.78. The molecule has 0 spiro atoms. The van der Waals surface area contributed by atoms with Gasteiger partial charge in [-0.2, -0.15) is 13.2 Å². The number of carboxylic acid groups (broad SMARTS) is 1. The number of hydrogen-bond acceptors (Lipinski definition) is 5. The van der Waals surface area contributed by atoms with Gasteiger partial charge in [-0.3, -0.25) is 0 Å². The number of hydrogen-bond donors (Lipinski definition) is 2. The van der Waals surface area contributed by atoms with E-state index in [1.807, 2.05) is 48.5 Å². The summed E-state index contributed by atoms with van der Waals surface area (Å²) in [5, 5.41) is 12.0. The number of carbonyl (C=O) groups is 3. The lowest BCUT2D eigenvalue weighted by atomic mass is 9.95. The average molecular weight is 556 g/mol. The van der Waals surface area contributed by atoms with Gasteiger partial charge in [-0.05, 0) is 54.7 Å². The second-order valence-corrected chi connectivity index (χ2v) is 10.4. The van der Waals surface area contributed by atoms with E-state index >= 15 is 0 Å². The lowest BCUT2D eigenvalue weighted by molar-refractivity contribution is -0.139. The third-order valence-corrected chi connectivity index (χ3v) is 6.42. The topological polar surface area (TPSA) is 102 Å². The summed E-state index contributed by atoms with van der Waals surface area (Å²) in [7, 11) is 0. The van der Waals surface area contributed by atoms with Crippen LogP contribution in [-0.2, 0) is 26.9 Å². The van der Waals surface area contributed by atoms with Gasteiger partial charge in [-0.25, -0.2) is 14.4 Å². The number of rotatable bonds is 7. The van der Waals surface area contributed by atoms with Gasteiger partial charge >= 0.3 is 24.2 Å². The minimum atomic E-state index is -4.90. The Kier molecular flexibility index (Phi) is 7.91. The van der Waals surface area contributed by atoms with Gasteiger partial charge in [0.15, 0.2) is 0 Å². The molecule has 0 radical (unpaired) electrons. The molecular weight excluding hydrogens is 527 g/mol. The van der Waals surface area contributed by atoms with Crippen LogP contribution in [0.2, 0.25) is 0 Å². The molecule has 0 unspecified atom stereocenters. The van der Waals surface area contributed by atoms with Gasteiger partial charge in [0.05, 0.1) is 11.1 Å². The van der Waals surface area contributed by atoms with Crippen LogP contribution in [0.15, 0.2) is 66.7 Å². The predicted octanol–water partition coefficient (Wildman–Crippen LogP) is 6.20. The van der Waals surface area contributed by atoms with Gasteiger partial charge in [0.25, 0.3) is 0 Å². The van der Waals surface area contributed by atoms with Crippen molar-refractivity contribution in [2.45, 2.75) is 50.9 Å². The maximum absolute atomic E-state index is 13.8. The number of fused-ring (bicyclic) bond motifs is 3. The van der Waals surface area contributed by atoms with Crippen molar-refractivity contribution < 1.29 is 42.1 Å². The number of amides is 1. The number of aliphatic carboxylic acids is 1. The van der Waals surface area contributed by atoms with Crippen LogP contribution in [0.3, 0.4) is 0 Å². The zero-order chi connectivity index (χ0) is 29.2. The Balaban J connectivity index is 1.53. The SMILES string of the molecule is CC(C)(C)OC(=O)c1c(C[C@H](NC(=O)OCC2c3ccccc3-c3ccccc32)C(=O)O)cccc1C(F)(F)F. The van der Waals surface area contributed by atoms with Crippen molar-refractivity contribution in [3.63, 3.8) is 0 Å². The van der Waals surface area contributed by atoms with E-state index in [4.69, 9.17) is 9.47 Å². The number of carbonyl (C=O) groups excluding carboxylic acids is 2. The molecule has 3 aromatic rings. The molecule has 1 atom stereocenters. The molecule has 3 aromatic carbocycles. The molecule has 0 heterocycles. The van der Waals surface area contributed by atoms with Crippen LogP contribution in [0.4, 0.5) is 18.0 Å². The highest BCUT2D eigenvalue weighted by Crippen LogP contribution is 2.44. The first-order valence-electron chi connectivity index (χ1n) is 12.5. The number of nitrogens with one attached hydrogen (secondary N) is 1. The molecule has 40 heavy (non-hydrogen) atoms. The molecule has 0 aromatic heterocycles. The molecule has 0 saturated carbocycles. The van der Waals surface area contributed by atoms with Gasteiger partial charge in [-0.1, -0.05) is 60.7 Å².